The predicted molar refractivity (Wildman–Crippen MR) is 90.1 cm³/mol. The molecule has 0 bridgehead atoms. The molecule has 1 atom stereocenters. The molecule has 3 rings (SSSR count). The number of hydrogen-bond donors (Lipinski definition) is 2. The normalized spacial score (nSPS) is 21.1. The highest BCUT2D eigenvalue weighted by atomic mass is 16.3. The van der Waals surface area contributed by atoms with E-state index in [2.05, 4.69) is 22.2 Å². The van der Waals surface area contributed by atoms with Crippen molar-refractivity contribution in [3.05, 3.63) is 48.3 Å². The van der Waals surface area contributed by atoms with E-state index in [9.17, 15) is 9.90 Å². The molecule has 2 heterocycles. The van der Waals surface area contributed by atoms with Gasteiger partial charge in [0, 0.05) is 38.0 Å². The summed E-state index contributed by atoms with van der Waals surface area (Å²) in [5.74, 6) is 1.24. The van der Waals surface area contributed by atoms with E-state index in [1.807, 2.05) is 29.0 Å². The van der Waals surface area contributed by atoms with Crippen LogP contribution >= 0.6 is 0 Å². The highest BCUT2D eigenvalue weighted by molar-refractivity contribution is 5.76. The molecule has 1 fully saturated rings. The Morgan fingerprint density at radius 3 is 2.88 bits per heavy atom. The second-order valence-electron chi connectivity index (χ2n) is 6.33. The number of nitrogens with zero attached hydrogens (tertiary/aromatic N) is 3. The van der Waals surface area contributed by atoms with Gasteiger partial charge in [0.2, 0.25) is 5.91 Å². The van der Waals surface area contributed by atoms with E-state index in [4.69, 9.17) is 0 Å². The number of carbonyl (C=O) groups excluding carboxylic acids is 1. The maximum absolute atomic E-state index is 12.4. The number of nitrogens with one attached hydrogen (secondary N) is 1. The zero-order valence-corrected chi connectivity index (χ0v) is 13.9. The minimum absolute atomic E-state index is 0.00259. The number of pyridine rings is 1. The second kappa shape index (κ2) is 7.57. The van der Waals surface area contributed by atoms with E-state index in [1.54, 1.807) is 12.4 Å². The van der Waals surface area contributed by atoms with Gasteiger partial charge in [0.25, 0.3) is 0 Å². The van der Waals surface area contributed by atoms with Crippen LogP contribution in [0.25, 0.3) is 0 Å². The molecule has 6 nitrogen and oxygen atoms in total. The summed E-state index contributed by atoms with van der Waals surface area (Å²) in [6.07, 6.45) is 7.84. The largest absolute Gasteiger partial charge is 0.393 e. The Bertz CT molecular complexity index is 665. The van der Waals surface area contributed by atoms with Gasteiger partial charge in [-0.1, -0.05) is 13.0 Å². The third-order valence-corrected chi connectivity index (χ3v) is 4.64. The summed E-state index contributed by atoms with van der Waals surface area (Å²) in [6, 6.07) is 5.59. The van der Waals surface area contributed by atoms with Crippen molar-refractivity contribution in [1.82, 2.24) is 19.9 Å². The minimum atomic E-state index is -0.254. The molecular weight excluding hydrogens is 304 g/mol. The van der Waals surface area contributed by atoms with Gasteiger partial charge in [0.05, 0.1) is 17.8 Å². The minimum Gasteiger partial charge on any atom is -0.393 e. The molecule has 24 heavy (non-hydrogen) atoms. The lowest BCUT2D eigenvalue weighted by atomic mass is 9.76. The number of rotatable bonds is 7. The van der Waals surface area contributed by atoms with E-state index in [0.717, 1.165) is 17.9 Å². The number of aryl methyl sites for hydroxylation is 2. The summed E-state index contributed by atoms with van der Waals surface area (Å²) in [5.41, 5.74) is 0.861. The zero-order chi connectivity index (χ0) is 16.9. The molecule has 0 radical (unpaired) electrons. The van der Waals surface area contributed by atoms with Crippen LogP contribution in [0.15, 0.2) is 36.8 Å². The summed E-state index contributed by atoms with van der Waals surface area (Å²) in [5, 5.41) is 12.7. The van der Waals surface area contributed by atoms with Gasteiger partial charge in [-0.3, -0.25) is 9.78 Å². The first-order chi connectivity index (χ1) is 11.7. The lowest BCUT2D eigenvalue weighted by Crippen LogP contribution is -2.42. The Labute approximate surface area is 141 Å². The van der Waals surface area contributed by atoms with Gasteiger partial charge in [-0.15, -0.1) is 0 Å². The molecule has 1 aliphatic rings. The lowest BCUT2D eigenvalue weighted by Gasteiger charge is -2.37. The van der Waals surface area contributed by atoms with Crippen LogP contribution in [-0.2, 0) is 17.8 Å². The van der Waals surface area contributed by atoms with Crippen molar-refractivity contribution in [2.45, 2.75) is 51.3 Å². The third kappa shape index (κ3) is 3.82. The van der Waals surface area contributed by atoms with Gasteiger partial charge in [-0.25, -0.2) is 4.98 Å². The molecule has 2 N–H and O–H groups in total. The topological polar surface area (TPSA) is 80.0 Å². The smallest absolute Gasteiger partial charge is 0.222 e. The average molecular weight is 328 g/mol. The van der Waals surface area contributed by atoms with Crippen LogP contribution < -0.4 is 5.32 Å². The first-order valence-electron chi connectivity index (χ1n) is 8.55. The maximum Gasteiger partial charge on any atom is 0.222 e. The SMILES string of the molecule is CCc1nccn1CCC(=O)NC(c1ccccn1)C1CC(O)C1. The molecule has 0 aliphatic heterocycles. The van der Waals surface area contributed by atoms with Crippen molar-refractivity contribution in [2.75, 3.05) is 0 Å². The van der Waals surface area contributed by atoms with Crippen LogP contribution in [0.2, 0.25) is 0 Å². The molecule has 1 saturated carbocycles. The number of carbonyl (C=O) groups is 1. The third-order valence-electron chi connectivity index (χ3n) is 4.64. The quantitative estimate of drug-likeness (QED) is 0.813. The summed E-state index contributed by atoms with van der Waals surface area (Å²) in [7, 11) is 0. The molecule has 128 valence electrons. The Morgan fingerprint density at radius 2 is 2.21 bits per heavy atom. The van der Waals surface area contributed by atoms with Crippen molar-refractivity contribution >= 4 is 5.91 Å². The van der Waals surface area contributed by atoms with Crippen molar-refractivity contribution in [2.24, 2.45) is 5.92 Å². The second-order valence-corrected chi connectivity index (χ2v) is 6.33. The first-order valence-corrected chi connectivity index (χ1v) is 8.55. The van der Waals surface area contributed by atoms with E-state index < -0.39 is 0 Å². The summed E-state index contributed by atoms with van der Waals surface area (Å²) in [6.45, 7) is 2.68. The lowest BCUT2D eigenvalue weighted by molar-refractivity contribution is -0.123. The van der Waals surface area contributed by atoms with Gasteiger partial charge in [-0.05, 0) is 30.9 Å². The van der Waals surface area contributed by atoms with Crippen LogP contribution in [0, 0.1) is 5.92 Å². The Morgan fingerprint density at radius 1 is 1.38 bits per heavy atom. The highest BCUT2D eigenvalue weighted by Crippen LogP contribution is 2.37. The van der Waals surface area contributed by atoms with Crippen LogP contribution in [0.5, 0.6) is 0 Å². The number of hydrogen-bond acceptors (Lipinski definition) is 4. The molecule has 6 heteroatoms. The van der Waals surface area contributed by atoms with Crippen molar-refractivity contribution in [3.63, 3.8) is 0 Å². The van der Waals surface area contributed by atoms with Crippen molar-refractivity contribution < 1.29 is 9.90 Å². The van der Waals surface area contributed by atoms with Gasteiger partial charge in [0.15, 0.2) is 0 Å². The van der Waals surface area contributed by atoms with Crippen LogP contribution in [0.3, 0.4) is 0 Å². The Balaban J connectivity index is 1.61. The Kier molecular flexibility index (Phi) is 5.25. The first kappa shape index (κ1) is 16.6. The number of aliphatic hydroxyl groups excluding tert-OH is 1. The molecule has 0 aromatic carbocycles. The maximum atomic E-state index is 12.4. The number of imidazole rings is 1. The van der Waals surface area contributed by atoms with E-state index >= 15 is 0 Å². The summed E-state index contributed by atoms with van der Waals surface area (Å²) < 4.78 is 2.02. The van der Waals surface area contributed by atoms with Gasteiger partial charge in [-0.2, -0.15) is 0 Å². The zero-order valence-electron chi connectivity index (χ0n) is 13.9. The molecule has 1 amide bonds. The molecule has 2 aromatic heterocycles. The number of aliphatic hydroxyl groups is 1. The Hall–Kier alpha value is -2.21. The number of amides is 1. The van der Waals surface area contributed by atoms with Gasteiger partial charge in [0.1, 0.15) is 5.82 Å². The van der Waals surface area contributed by atoms with Crippen LogP contribution in [0.1, 0.15) is 43.7 Å². The monoisotopic (exact) mass is 328 g/mol. The summed E-state index contributed by atoms with van der Waals surface area (Å²) in [4.78, 5) is 21.1. The highest BCUT2D eigenvalue weighted by Gasteiger charge is 2.36. The fourth-order valence-corrected chi connectivity index (χ4v) is 3.22. The molecule has 0 saturated heterocycles. The van der Waals surface area contributed by atoms with Crippen molar-refractivity contribution in [3.8, 4) is 0 Å². The predicted octanol–water partition coefficient (Wildman–Crippen LogP) is 1.86. The van der Waals surface area contributed by atoms with Gasteiger partial charge < -0.3 is 15.0 Å². The standard InChI is InChI=1S/C18H24N4O2/c1-2-16-20-8-10-22(16)9-6-17(24)21-18(13-11-14(23)12-13)15-5-3-4-7-19-15/h3-5,7-8,10,13-14,18,23H,2,6,9,11-12H2,1H3,(H,21,24). The number of aromatic nitrogens is 3. The molecule has 1 aliphatic carbocycles. The molecule has 2 aromatic rings. The molecular formula is C18H24N4O2. The fourth-order valence-electron chi connectivity index (χ4n) is 3.22. The molecule has 0 spiro atoms. The molecule has 1 unspecified atom stereocenters. The van der Waals surface area contributed by atoms with Crippen LogP contribution in [0.4, 0.5) is 0 Å². The fraction of sp³-hybridized carbons (Fsp3) is 0.500. The summed E-state index contributed by atoms with van der Waals surface area (Å²) >= 11 is 0. The van der Waals surface area contributed by atoms with E-state index in [1.165, 1.54) is 0 Å². The average Bonchev–Trinajstić information content (AvgIpc) is 3.03. The van der Waals surface area contributed by atoms with Gasteiger partial charge >= 0.3 is 0 Å². The van der Waals surface area contributed by atoms with Crippen molar-refractivity contribution in [1.29, 1.82) is 0 Å². The van der Waals surface area contributed by atoms with E-state index in [-0.39, 0.29) is 24.0 Å². The van der Waals surface area contributed by atoms with Crippen LogP contribution in [-0.4, -0.2) is 31.7 Å². The van der Waals surface area contributed by atoms with E-state index in [0.29, 0.717) is 25.8 Å².